The van der Waals surface area contributed by atoms with Crippen molar-refractivity contribution in [2.45, 2.75) is 30.6 Å². The Morgan fingerprint density at radius 1 is 0.714 bits per heavy atom. The molecule has 1 radical (unpaired) electrons. The zero-order valence-corrected chi connectivity index (χ0v) is 19.4. The summed E-state index contributed by atoms with van der Waals surface area (Å²) in [5.74, 6) is -3.75. The molecule has 0 aromatic carbocycles. The smallest absolute Gasteiger partial charge is 0.321 e. The standard InChI is InChI=1S/C6H12N2O4S2.C4H8NO2.C3H6NO2.Y/c7-3(5(9)10)1-13-14-2-4(8)6(11)12;1-2-3(5)4(6)7;1-2(4)3(5)6;/h3-4H,1-2,7-8H2,(H,9,10)(H,11,12);3H,1-2,5H2,(H,6,7);2H,1,4H2,(H,5,6);/q;2*-1;. The van der Waals surface area contributed by atoms with Gasteiger partial charge < -0.3 is 57.2 Å². The third-order valence-corrected chi connectivity index (χ3v) is 4.63. The molecule has 0 bridgehead atoms. The molecule has 0 rings (SSSR count). The van der Waals surface area contributed by atoms with Crippen LogP contribution < -0.4 is 22.9 Å². The summed E-state index contributed by atoms with van der Waals surface area (Å²) in [4.78, 5) is 39.8. The largest absolute Gasteiger partial charge is 0.482 e. The van der Waals surface area contributed by atoms with Crippen LogP contribution in [0, 0.1) is 13.8 Å². The van der Waals surface area contributed by atoms with E-state index in [4.69, 9.17) is 43.4 Å². The fourth-order valence-corrected chi connectivity index (χ4v) is 2.74. The normalized spacial score (nSPS) is 13.6. The predicted octanol–water partition coefficient (Wildman–Crippen LogP) is -1.96. The molecule has 4 unspecified atom stereocenters. The van der Waals surface area contributed by atoms with Crippen molar-refractivity contribution in [1.29, 1.82) is 0 Å². The predicted molar refractivity (Wildman–Crippen MR) is 103 cm³/mol. The molecule has 15 heteroatoms. The third kappa shape index (κ3) is 25.5. The first-order valence-corrected chi connectivity index (χ1v) is 9.56. The van der Waals surface area contributed by atoms with Crippen molar-refractivity contribution in [2.24, 2.45) is 22.9 Å². The van der Waals surface area contributed by atoms with Crippen LogP contribution in [0.1, 0.15) is 6.42 Å². The maximum Gasteiger partial charge on any atom is 0.321 e. The zero-order chi connectivity index (χ0) is 22.2. The minimum absolute atomic E-state index is 0. The number of rotatable bonds is 10. The molecule has 0 amide bonds. The molecule has 0 saturated carbocycles. The molecule has 4 atom stereocenters. The summed E-state index contributed by atoms with van der Waals surface area (Å²) >= 11 is 0. The number of aliphatic carboxylic acids is 4. The third-order valence-electron chi connectivity index (χ3n) is 2.16. The van der Waals surface area contributed by atoms with Crippen molar-refractivity contribution in [3.63, 3.8) is 0 Å². The first kappa shape index (κ1) is 35.0. The maximum atomic E-state index is 10.3. The van der Waals surface area contributed by atoms with Gasteiger partial charge in [-0.15, -0.1) is 0 Å². The van der Waals surface area contributed by atoms with Crippen LogP contribution in [0.5, 0.6) is 0 Å². The van der Waals surface area contributed by atoms with E-state index >= 15 is 0 Å². The van der Waals surface area contributed by atoms with Crippen molar-refractivity contribution in [3.05, 3.63) is 13.8 Å². The molecule has 0 spiro atoms. The molecular formula is C13H26N4O8S2Y-2. The van der Waals surface area contributed by atoms with E-state index in [0.717, 1.165) is 0 Å². The first-order chi connectivity index (χ1) is 12.3. The van der Waals surface area contributed by atoms with Gasteiger partial charge >= 0.3 is 17.9 Å². The molecule has 0 saturated heterocycles. The van der Waals surface area contributed by atoms with Gasteiger partial charge in [-0.1, -0.05) is 21.6 Å². The average Bonchev–Trinajstić information content (AvgIpc) is 2.57. The van der Waals surface area contributed by atoms with Crippen LogP contribution in [0.15, 0.2) is 0 Å². The molecule has 0 aliphatic carbocycles. The van der Waals surface area contributed by atoms with Gasteiger partial charge in [-0.25, -0.2) is 0 Å². The van der Waals surface area contributed by atoms with Gasteiger partial charge in [0.25, 0.3) is 5.97 Å². The summed E-state index contributed by atoms with van der Waals surface area (Å²) in [5.41, 5.74) is 20.1. The first-order valence-electron chi connectivity index (χ1n) is 7.08. The fourth-order valence-electron chi connectivity index (χ4n) is 0.509. The summed E-state index contributed by atoms with van der Waals surface area (Å²) in [5, 5.41) is 32.6. The van der Waals surface area contributed by atoms with Gasteiger partial charge in [0.05, 0.1) is 6.04 Å². The fraction of sp³-hybridized carbons (Fsp3) is 0.538. The number of nitrogens with two attached hydrogens (primary N) is 4. The molecule has 12 N–H and O–H groups in total. The van der Waals surface area contributed by atoms with Crippen LogP contribution >= 0.6 is 21.6 Å². The topological polar surface area (TPSA) is 253 Å². The number of hydrogen-bond donors (Lipinski definition) is 8. The van der Waals surface area contributed by atoms with E-state index in [0.29, 0.717) is 0 Å². The molecule has 0 aliphatic rings. The molecule has 12 nitrogen and oxygen atoms in total. The van der Waals surface area contributed by atoms with E-state index < -0.39 is 48.0 Å². The van der Waals surface area contributed by atoms with Crippen LogP contribution in [0.25, 0.3) is 0 Å². The Morgan fingerprint density at radius 3 is 1.07 bits per heavy atom. The van der Waals surface area contributed by atoms with Gasteiger partial charge in [0, 0.05) is 44.2 Å². The number of carboxylic acid groups (broad SMARTS) is 4. The van der Waals surface area contributed by atoms with Crippen LogP contribution in [0.2, 0.25) is 0 Å². The van der Waals surface area contributed by atoms with Crippen molar-refractivity contribution in [1.82, 2.24) is 0 Å². The number of carbonyl (C=O) groups is 4. The second-order valence-electron chi connectivity index (χ2n) is 4.64. The van der Waals surface area contributed by atoms with E-state index in [2.05, 4.69) is 13.8 Å². The van der Waals surface area contributed by atoms with E-state index in [1.165, 1.54) is 21.6 Å². The van der Waals surface area contributed by atoms with Crippen LogP contribution in [0.4, 0.5) is 0 Å². The molecule has 0 heterocycles. The average molecular weight is 519 g/mol. The Morgan fingerprint density at radius 2 is 0.964 bits per heavy atom. The molecule has 163 valence electrons. The van der Waals surface area contributed by atoms with E-state index in [9.17, 15) is 19.2 Å². The summed E-state index contributed by atoms with van der Waals surface area (Å²) in [7, 11) is 2.41. The Kier molecular flexibility index (Phi) is 26.5. The van der Waals surface area contributed by atoms with Crippen molar-refractivity contribution in [2.75, 3.05) is 11.5 Å². The van der Waals surface area contributed by atoms with Crippen LogP contribution in [-0.2, 0) is 51.9 Å². The minimum atomic E-state index is -1.07. The summed E-state index contributed by atoms with van der Waals surface area (Å²) < 4.78 is 0. The van der Waals surface area contributed by atoms with Gasteiger partial charge in [0.1, 0.15) is 12.1 Å². The van der Waals surface area contributed by atoms with Crippen molar-refractivity contribution in [3.8, 4) is 0 Å². The van der Waals surface area contributed by atoms with Crippen molar-refractivity contribution >= 4 is 45.5 Å². The van der Waals surface area contributed by atoms with Gasteiger partial charge in [-0.2, -0.15) is 6.42 Å². The Bertz CT molecular complexity index is 452. The Balaban J connectivity index is -0.000000173. The number of carboxylic acids is 4. The second-order valence-corrected chi connectivity index (χ2v) is 7.19. The van der Waals surface area contributed by atoms with Crippen LogP contribution in [0.3, 0.4) is 0 Å². The van der Waals surface area contributed by atoms with E-state index in [-0.39, 0.29) is 50.6 Å². The SMILES string of the molecule is NC(CSSCC(N)C(=O)O)C(=O)O.[CH2-]C(N)C(=O)O.[CH2-]CC(N)C(=O)O.[Y]. The van der Waals surface area contributed by atoms with E-state index in [1.54, 1.807) is 0 Å². The summed E-state index contributed by atoms with van der Waals surface area (Å²) in [6.07, 6.45) is 0.245. The summed E-state index contributed by atoms with van der Waals surface area (Å²) in [6.45, 7) is 6.32. The quantitative estimate of drug-likeness (QED) is 0.0886. The van der Waals surface area contributed by atoms with Gasteiger partial charge in [-0.05, 0) is 6.04 Å². The molecule has 0 aliphatic heterocycles. The molecule has 28 heavy (non-hydrogen) atoms. The molecule has 0 aromatic heterocycles. The van der Waals surface area contributed by atoms with Gasteiger partial charge in [0.15, 0.2) is 0 Å². The maximum absolute atomic E-state index is 10.3. The van der Waals surface area contributed by atoms with Crippen molar-refractivity contribution < 1.29 is 72.3 Å². The van der Waals surface area contributed by atoms with Gasteiger partial charge in [0.2, 0.25) is 0 Å². The Hall–Kier alpha value is -0.476. The zero-order valence-electron chi connectivity index (χ0n) is 15.0. The molecule has 0 aromatic rings. The van der Waals surface area contributed by atoms with Crippen LogP contribution in [-0.4, -0.2) is 80.0 Å². The Labute approximate surface area is 195 Å². The number of hydrogen-bond acceptors (Lipinski definition) is 10. The molecular weight excluding hydrogens is 493 g/mol. The van der Waals surface area contributed by atoms with Gasteiger partial charge in [-0.3, -0.25) is 19.2 Å². The minimum Gasteiger partial charge on any atom is -0.482 e. The molecule has 0 fully saturated rings. The second kappa shape index (κ2) is 21.2. The monoisotopic (exact) mass is 519 g/mol. The summed E-state index contributed by atoms with van der Waals surface area (Å²) in [6, 6.07) is -3.62. The van der Waals surface area contributed by atoms with E-state index in [1.807, 2.05) is 0 Å².